The smallest absolute Gasteiger partial charge is 0.132 e. The fraction of sp³-hybridized carbons (Fsp3) is 0.357. The summed E-state index contributed by atoms with van der Waals surface area (Å²) in [7, 11) is 0. The predicted molar refractivity (Wildman–Crippen MR) is 69.3 cm³/mol. The van der Waals surface area contributed by atoms with Crippen LogP contribution in [0.1, 0.15) is 18.3 Å². The highest BCUT2D eigenvalue weighted by Gasteiger charge is 2.16. The Morgan fingerprint density at radius 3 is 3.06 bits per heavy atom. The third kappa shape index (κ3) is 2.38. The van der Waals surface area contributed by atoms with E-state index in [1.54, 1.807) is 0 Å². The van der Waals surface area contributed by atoms with E-state index < -0.39 is 0 Å². The zero-order valence-corrected chi connectivity index (χ0v) is 10.5. The van der Waals surface area contributed by atoms with Crippen molar-refractivity contribution in [3.63, 3.8) is 0 Å². The van der Waals surface area contributed by atoms with Crippen LogP contribution < -0.4 is 10.1 Å². The van der Waals surface area contributed by atoms with Crippen molar-refractivity contribution >= 4 is 0 Å². The molecular weight excluding hydrogens is 226 g/mol. The molecule has 0 saturated heterocycles. The van der Waals surface area contributed by atoms with Crippen LogP contribution >= 0.6 is 0 Å². The van der Waals surface area contributed by atoms with E-state index in [1.807, 2.05) is 30.3 Å². The Labute approximate surface area is 107 Å². The van der Waals surface area contributed by atoms with Gasteiger partial charge < -0.3 is 10.1 Å². The molecule has 4 nitrogen and oxygen atoms in total. The minimum Gasteiger partial charge on any atom is -0.487 e. The van der Waals surface area contributed by atoms with Crippen molar-refractivity contribution in [3.05, 3.63) is 47.8 Å². The quantitative estimate of drug-likeness (QED) is 0.895. The molecule has 1 aliphatic heterocycles. The van der Waals surface area contributed by atoms with Crippen molar-refractivity contribution in [2.45, 2.75) is 32.7 Å². The minimum absolute atomic E-state index is 0.486. The van der Waals surface area contributed by atoms with Crippen LogP contribution in [0.25, 0.3) is 0 Å². The van der Waals surface area contributed by atoms with E-state index in [0.29, 0.717) is 12.6 Å². The standard InChI is InChI=1S/C14H17N3O/c1-11-9-17-13(8-15-11)7-12(16-17)10-18-14-5-3-2-4-6-14/h2-7,11,15H,8-10H2,1H3/t11-/m0/s1. The molecule has 0 saturated carbocycles. The summed E-state index contributed by atoms with van der Waals surface area (Å²) in [6.45, 7) is 4.52. The van der Waals surface area contributed by atoms with Gasteiger partial charge in [0.05, 0.1) is 12.2 Å². The van der Waals surface area contributed by atoms with Crippen LogP contribution in [0.15, 0.2) is 36.4 Å². The molecule has 0 fully saturated rings. The summed E-state index contributed by atoms with van der Waals surface area (Å²) >= 11 is 0. The lowest BCUT2D eigenvalue weighted by Gasteiger charge is -2.21. The average molecular weight is 243 g/mol. The topological polar surface area (TPSA) is 39.1 Å². The Morgan fingerprint density at radius 1 is 1.39 bits per heavy atom. The number of nitrogens with one attached hydrogen (secondary N) is 1. The number of aromatic nitrogens is 2. The molecule has 1 atom stereocenters. The number of fused-ring (bicyclic) bond motifs is 1. The van der Waals surface area contributed by atoms with Gasteiger partial charge in [0.15, 0.2) is 0 Å². The van der Waals surface area contributed by atoms with E-state index in [9.17, 15) is 0 Å². The van der Waals surface area contributed by atoms with Crippen LogP contribution in [-0.2, 0) is 19.7 Å². The van der Waals surface area contributed by atoms with Crippen LogP contribution in [0.5, 0.6) is 5.75 Å². The molecule has 18 heavy (non-hydrogen) atoms. The van der Waals surface area contributed by atoms with Gasteiger partial charge in [0, 0.05) is 12.6 Å². The van der Waals surface area contributed by atoms with E-state index >= 15 is 0 Å². The number of benzene rings is 1. The fourth-order valence-corrected chi connectivity index (χ4v) is 2.16. The van der Waals surface area contributed by atoms with Gasteiger partial charge in [-0.1, -0.05) is 18.2 Å². The predicted octanol–water partition coefficient (Wildman–Crippen LogP) is 1.95. The van der Waals surface area contributed by atoms with Crippen LogP contribution in [0.4, 0.5) is 0 Å². The maximum absolute atomic E-state index is 5.70. The molecule has 3 rings (SSSR count). The van der Waals surface area contributed by atoms with E-state index in [4.69, 9.17) is 4.74 Å². The fourth-order valence-electron chi connectivity index (χ4n) is 2.16. The van der Waals surface area contributed by atoms with E-state index in [-0.39, 0.29) is 0 Å². The van der Waals surface area contributed by atoms with Gasteiger partial charge in [-0.2, -0.15) is 5.10 Å². The molecule has 0 radical (unpaired) electrons. The van der Waals surface area contributed by atoms with E-state index in [1.165, 1.54) is 5.69 Å². The Morgan fingerprint density at radius 2 is 2.22 bits per heavy atom. The molecule has 0 unspecified atom stereocenters. The number of para-hydroxylation sites is 1. The Hall–Kier alpha value is -1.81. The maximum Gasteiger partial charge on any atom is 0.132 e. The largest absolute Gasteiger partial charge is 0.487 e. The third-order valence-electron chi connectivity index (χ3n) is 3.12. The summed E-state index contributed by atoms with van der Waals surface area (Å²) in [5.41, 5.74) is 2.23. The lowest BCUT2D eigenvalue weighted by molar-refractivity contribution is 0.298. The monoisotopic (exact) mass is 243 g/mol. The Kier molecular flexibility index (Phi) is 3.02. The maximum atomic E-state index is 5.70. The molecule has 2 heterocycles. The second-order valence-corrected chi connectivity index (χ2v) is 4.69. The number of hydrogen-bond donors (Lipinski definition) is 1. The van der Waals surface area contributed by atoms with Crippen LogP contribution in [0.2, 0.25) is 0 Å². The van der Waals surface area contributed by atoms with Gasteiger partial charge in [-0.25, -0.2) is 0 Å². The average Bonchev–Trinajstić information content (AvgIpc) is 2.79. The molecule has 0 aliphatic carbocycles. The van der Waals surface area contributed by atoms with Gasteiger partial charge in [-0.05, 0) is 25.1 Å². The SMILES string of the molecule is C[C@H]1Cn2nc(COc3ccccc3)cc2CN1. The van der Waals surface area contributed by atoms with Crippen molar-refractivity contribution in [2.24, 2.45) is 0 Å². The van der Waals surface area contributed by atoms with Crippen molar-refractivity contribution in [1.29, 1.82) is 0 Å². The molecule has 0 bridgehead atoms. The lowest BCUT2D eigenvalue weighted by Crippen LogP contribution is -2.36. The zero-order chi connectivity index (χ0) is 12.4. The molecule has 4 heteroatoms. The molecule has 0 spiro atoms. The molecular formula is C14H17N3O. The lowest BCUT2D eigenvalue weighted by atomic mass is 10.2. The number of hydrogen-bond acceptors (Lipinski definition) is 3. The first-order chi connectivity index (χ1) is 8.81. The summed E-state index contributed by atoms with van der Waals surface area (Å²) < 4.78 is 7.77. The first kappa shape index (κ1) is 11.3. The first-order valence-corrected chi connectivity index (χ1v) is 6.28. The molecule has 1 aromatic heterocycles. The van der Waals surface area contributed by atoms with E-state index in [2.05, 4.69) is 28.1 Å². The summed E-state index contributed by atoms with van der Waals surface area (Å²) in [6.07, 6.45) is 0. The Balaban J connectivity index is 1.67. The van der Waals surface area contributed by atoms with Gasteiger partial charge in [0.1, 0.15) is 18.1 Å². The number of rotatable bonds is 3. The summed E-state index contributed by atoms with van der Waals surface area (Å²) in [5.74, 6) is 0.884. The van der Waals surface area contributed by atoms with Crippen molar-refractivity contribution in [1.82, 2.24) is 15.1 Å². The van der Waals surface area contributed by atoms with E-state index in [0.717, 1.165) is 24.5 Å². The molecule has 0 amide bonds. The van der Waals surface area contributed by atoms with Gasteiger partial charge in [0.25, 0.3) is 0 Å². The van der Waals surface area contributed by atoms with Gasteiger partial charge in [-0.3, -0.25) is 4.68 Å². The second kappa shape index (κ2) is 4.82. The normalized spacial score (nSPS) is 18.4. The highest BCUT2D eigenvalue weighted by molar-refractivity contribution is 5.21. The molecule has 2 aromatic rings. The molecule has 1 aliphatic rings. The highest BCUT2D eigenvalue weighted by atomic mass is 16.5. The zero-order valence-electron chi connectivity index (χ0n) is 10.5. The van der Waals surface area contributed by atoms with Gasteiger partial charge in [-0.15, -0.1) is 0 Å². The molecule has 1 N–H and O–H groups in total. The molecule has 94 valence electrons. The van der Waals surface area contributed by atoms with Gasteiger partial charge in [0.2, 0.25) is 0 Å². The van der Waals surface area contributed by atoms with Crippen LogP contribution in [0, 0.1) is 0 Å². The second-order valence-electron chi connectivity index (χ2n) is 4.69. The highest BCUT2D eigenvalue weighted by Crippen LogP contribution is 2.14. The first-order valence-electron chi connectivity index (χ1n) is 6.28. The molecule has 1 aromatic carbocycles. The minimum atomic E-state index is 0.486. The van der Waals surface area contributed by atoms with Crippen LogP contribution in [-0.4, -0.2) is 15.8 Å². The third-order valence-corrected chi connectivity index (χ3v) is 3.12. The van der Waals surface area contributed by atoms with Gasteiger partial charge >= 0.3 is 0 Å². The number of nitrogens with zero attached hydrogens (tertiary/aromatic N) is 2. The number of ether oxygens (including phenoxy) is 1. The summed E-state index contributed by atoms with van der Waals surface area (Å²) in [5, 5.41) is 7.99. The van der Waals surface area contributed by atoms with Crippen molar-refractivity contribution in [2.75, 3.05) is 0 Å². The summed E-state index contributed by atoms with van der Waals surface area (Å²) in [4.78, 5) is 0. The van der Waals surface area contributed by atoms with Crippen molar-refractivity contribution < 1.29 is 4.74 Å². The summed E-state index contributed by atoms with van der Waals surface area (Å²) in [6, 6.07) is 12.4. The Bertz CT molecular complexity index is 521. The van der Waals surface area contributed by atoms with Crippen LogP contribution in [0.3, 0.4) is 0 Å². The van der Waals surface area contributed by atoms with Crippen molar-refractivity contribution in [3.8, 4) is 5.75 Å².